The Morgan fingerprint density at radius 1 is 0.947 bits per heavy atom. The Kier molecular flexibility index (Phi) is 2.94. The molecule has 3 heteroatoms. The third-order valence-electron chi connectivity index (χ3n) is 2.85. The first kappa shape index (κ1) is 11.4. The minimum Gasteiger partial charge on any atom is -0.454 e. The van der Waals surface area contributed by atoms with Gasteiger partial charge in [0.2, 0.25) is 0 Å². The van der Waals surface area contributed by atoms with Crippen molar-refractivity contribution in [1.29, 1.82) is 0 Å². The lowest BCUT2D eigenvalue weighted by Gasteiger charge is -2.09. The van der Waals surface area contributed by atoms with Crippen molar-refractivity contribution in [2.45, 2.75) is 0 Å². The molecule has 0 aliphatic rings. The molecule has 0 saturated heterocycles. The Morgan fingerprint density at radius 2 is 1.68 bits per heavy atom. The SMILES string of the molecule is C=C(NNc1ccccc1)c1cc2ccccc2o1. The summed E-state index contributed by atoms with van der Waals surface area (Å²) < 4.78 is 5.72. The Hall–Kier alpha value is -2.68. The third kappa shape index (κ3) is 2.45. The molecule has 0 spiro atoms. The van der Waals surface area contributed by atoms with E-state index in [0.29, 0.717) is 5.70 Å². The van der Waals surface area contributed by atoms with Crippen LogP contribution in [-0.4, -0.2) is 0 Å². The molecule has 0 unspecified atom stereocenters. The molecule has 0 aliphatic carbocycles. The molecule has 2 N–H and O–H groups in total. The van der Waals surface area contributed by atoms with Crippen molar-refractivity contribution in [1.82, 2.24) is 5.43 Å². The van der Waals surface area contributed by atoms with Gasteiger partial charge in [0.25, 0.3) is 0 Å². The summed E-state index contributed by atoms with van der Waals surface area (Å²) >= 11 is 0. The predicted molar refractivity (Wildman–Crippen MR) is 78.4 cm³/mol. The maximum Gasteiger partial charge on any atom is 0.152 e. The number of fused-ring (bicyclic) bond motifs is 1. The van der Waals surface area contributed by atoms with Gasteiger partial charge in [0, 0.05) is 5.39 Å². The molecular weight excluding hydrogens is 236 g/mol. The van der Waals surface area contributed by atoms with Gasteiger partial charge in [-0.2, -0.15) is 0 Å². The van der Waals surface area contributed by atoms with E-state index >= 15 is 0 Å². The molecular formula is C16H14N2O. The molecule has 1 heterocycles. The van der Waals surface area contributed by atoms with Crippen molar-refractivity contribution >= 4 is 22.4 Å². The summed E-state index contributed by atoms with van der Waals surface area (Å²) in [5.74, 6) is 0.727. The molecule has 0 fully saturated rings. The van der Waals surface area contributed by atoms with Gasteiger partial charge in [0.05, 0.1) is 11.4 Å². The minimum absolute atomic E-state index is 0.694. The molecule has 0 saturated carbocycles. The Balaban J connectivity index is 1.73. The lowest BCUT2D eigenvalue weighted by Crippen LogP contribution is -2.18. The van der Waals surface area contributed by atoms with E-state index in [-0.39, 0.29) is 0 Å². The zero-order valence-corrected chi connectivity index (χ0v) is 10.4. The Labute approximate surface area is 111 Å². The summed E-state index contributed by atoms with van der Waals surface area (Å²) in [6, 6.07) is 19.7. The molecule has 0 radical (unpaired) electrons. The Bertz CT molecular complexity index is 668. The predicted octanol–water partition coefficient (Wildman–Crippen LogP) is 4.02. The number of hydrazine groups is 1. The van der Waals surface area contributed by atoms with Crippen LogP contribution in [0.15, 0.2) is 71.7 Å². The molecule has 0 aliphatic heterocycles. The highest BCUT2D eigenvalue weighted by Gasteiger charge is 2.05. The van der Waals surface area contributed by atoms with Crippen molar-refractivity contribution < 1.29 is 4.42 Å². The second-order valence-electron chi connectivity index (χ2n) is 4.24. The van der Waals surface area contributed by atoms with E-state index in [2.05, 4.69) is 17.4 Å². The van der Waals surface area contributed by atoms with E-state index in [4.69, 9.17) is 4.42 Å². The number of furan rings is 1. The summed E-state index contributed by atoms with van der Waals surface area (Å²) in [6.07, 6.45) is 0. The van der Waals surface area contributed by atoms with E-state index in [9.17, 15) is 0 Å². The van der Waals surface area contributed by atoms with E-state index in [1.807, 2.05) is 60.7 Å². The van der Waals surface area contributed by atoms with Crippen LogP contribution < -0.4 is 10.9 Å². The summed E-state index contributed by atoms with van der Waals surface area (Å²) in [5.41, 5.74) is 8.64. The highest BCUT2D eigenvalue weighted by Crippen LogP contribution is 2.22. The number of benzene rings is 2. The van der Waals surface area contributed by atoms with Crippen LogP contribution in [0, 0.1) is 0 Å². The maximum absolute atomic E-state index is 5.72. The van der Waals surface area contributed by atoms with E-state index < -0.39 is 0 Å². The minimum atomic E-state index is 0.694. The van der Waals surface area contributed by atoms with Gasteiger partial charge in [-0.3, -0.25) is 5.43 Å². The average Bonchev–Trinajstić information content (AvgIpc) is 2.90. The molecule has 0 atom stereocenters. The summed E-state index contributed by atoms with van der Waals surface area (Å²) in [4.78, 5) is 0. The first-order valence-electron chi connectivity index (χ1n) is 6.08. The van der Waals surface area contributed by atoms with Crippen molar-refractivity contribution in [3.05, 3.63) is 73.0 Å². The van der Waals surface area contributed by atoms with Crippen molar-refractivity contribution in [3.8, 4) is 0 Å². The quantitative estimate of drug-likeness (QED) is 0.687. The van der Waals surface area contributed by atoms with Gasteiger partial charge in [0.1, 0.15) is 5.58 Å². The number of anilines is 1. The molecule has 0 bridgehead atoms. The molecule has 1 aromatic heterocycles. The summed E-state index contributed by atoms with van der Waals surface area (Å²) in [6.45, 7) is 3.97. The normalized spacial score (nSPS) is 10.3. The van der Waals surface area contributed by atoms with Gasteiger partial charge in [0.15, 0.2) is 5.76 Å². The highest BCUT2D eigenvalue weighted by atomic mass is 16.3. The maximum atomic E-state index is 5.72. The van der Waals surface area contributed by atoms with Crippen LogP contribution in [0.2, 0.25) is 0 Å². The van der Waals surface area contributed by atoms with Crippen LogP contribution in [0.4, 0.5) is 5.69 Å². The molecule has 94 valence electrons. The van der Waals surface area contributed by atoms with Gasteiger partial charge in [-0.1, -0.05) is 43.0 Å². The van der Waals surface area contributed by atoms with Crippen LogP contribution in [0.5, 0.6) is 0 Å². The van der Waals surface area contributed by atoms with E-state index in [0.717, 1.165) is 22.4 Å². The fourth-order valence-corrected chi connectivity index (χ4v) is 1.86. The number of hydrogen-bond acceptors (Lipinski definition) is 3. The molecule has 0 amide bonds. The van der Waals surface area contributed by atoms with Crippen molar-refractivity contribution in [2.24, 2.45) is 0 Å². The van der Waals surface area contributed by atoms with Crippen molar-refractivity contribution in [2.75, 3.05) is 5.43 Å². The van der Waals surface area contributed by atoms with Crippen molar-refractivity contribution in [3.63, 3.8) is 0 Å². The zero-order valence-electron chi connectivity index (χ0n) is 10.4. The van der Waals surface area contributed by atoms with Gasteiger partial charge >= 0.3 is 0 Å². The number of para-hydroxylation sites is 2. The molecule has 2 aromatic carbocycles. The molecule has 3 rings (SSSR count). The monoisotopic (exact) mass is 250 g/mol. The molecule has 3 aromatic rings. The number of nitrogens with one attached hydrogen (secondary N) is 2. The van der Waals surface area contributed by atoms with Gasteiger partial charge < -0.3 is 9.84 Å². The topological polar surface area (TPSA) is 37.2 Å². The first-order chi connectivity index (χ1) is 9.33. The average molecular weight is 250 g/mol. The van der Waals surface area contributed by atoms with Crippen LogP contribution in [0.25, 0.3) is 16.7 Å². The summed E-state index contributed by atoms with van der Waals surface area (Å²) in [5, 5.41) is 1.07. The largest absolute Gasteiger partial charge is 0.454 e. The Morgan fingerprint density at radius 3 is 2.47 bits per heavy atom. The van der Waals surface area contributed by atoms with Crippen LogP contribution in [0.1, 0.15) is 5.76 Å². The standard InChI is InChI=1S/C16H14N2O/c1-12(17-18-14-8-3-2-4-9-14)16-11-13-7-5-6-10-15(13)19-16/h2-11,17-18H,1H2. The summed E-state index contributed by atoms with van der Waals surface area (Å²) in [7, 11) is 0. The van der Waals surface area contributed by atoms with Crippen LogP contribution in [-0.2, 0) is 0 Å². The van der Waals surface area contributed by atoms with E-state index in [1.165, 1.54) is 0 Å². The van der Waals surface area contributed by atoms with E-state index in [1.54, 1.807) is 0 Å². The smallest absolute Gasteiger partial charge is 0.152 e. The lowest BCUT2D eigenvalue weighted by atomic mass is 10.2. The highest BCUT2D eigenvalue weighted by molar-refractivity contribution is 5.81. The number of rotatable bonds is 4. The van der Waals surface area contributed by atoms with Gasteiger partial charge in [-0.25, -0.2) is 0 Å². The van der Waals surface area contributed by atoms with Crippen LogP contribution in [0.3, 0.4) is 0 Å². The fourth-order valence-electron chi connectivity index (χ4n) is 1.86. The first-order valence-corrected chi connectivity index (χ1v) is 6.08. The fraction of sp³-hybridized carbons (Fsp3) is 0. The molecule has 3 nitrogen and oxygen atoms in total. The zero-order chi connectivity index (χ0) is 13.1. The van der Waals surface area contributed by atoms with Crippen LogP contribution >= 0.6 is 0 Å². The van der Waals surface area contributed by atoms with Gasteiger partial charge in [-0.05, 0) is 24.3 Å². The number of hydrogen-bond donors (Lipinski definition) is 2. The second kappa shape index (κ2) is 4.90. The second-order valence-corrected chi connectivity index (χ2v) is 4.24. The molecule has 19 heavy (non-hydrogen) atoms. The van der Waals surface area contributed by atoms with Gasteiger partial charge in [-0.15, -0.1) is 0 Å². The third-order valence-corrected chi connectivity index (χ3v) is 2.85. The lowest BCUT2D eigenvalue weighted by molar-refractivity contribution is 0.595.